The number of aryl methyl sites for hydroxylation is 2. The van der Waals surface area contributed by atoms with Gasteiger partial charge in [0.05, 0.1) is 6.61 Å². The summed E-state index contributed by atoms with van der Waals surface area (Å²) in [5, 5.41) is 8.91. The van der Waals surface area contributed by atoms with Crippen molar-refractivity contribution in [1.82, 2.24) is 9.80 Å². The van der Waals surface area contributed by atoms with Crippen LogP contribution in [-0.4, -0.2) is 65.9 Å². The first-order valence-electron chi connectivity index (χ1n) is 7.72. The van der Waals surface area contributed by atoms with Crippen molar-refractivity contribution in [2.75, 3.05) is 39.3 Å². The number of amides is 1. The van der Waals surface area contributed by atoms with Crippen LogP contribution in [0.3, 0.4) is 0 Å². The van der Waals surface area contributed by atoms with Crippen LogP contribution in [-0.2, 0) is 4.79 Å². The highest BCUT2D eigenvalue weighted by atomic mass is 32.1. The summed E-state index contributed by atoms with van der Waals surface area (Å²) >= 11 is 1.62. The van der Waals surface area contributed by atoms with Crippen molar-refractivity contribution in [1.29, 1.82) is 0 Å². The number of aliphatic hydroxyl groups excluding tert-OH is 1. The molecule has 0 aliphatic carbocycles. The zero-order valence-electron chi connectivity index (χ0n) is 13.3. The van der Waals surface area contributed by atoms with E-state index in [0.717, 1.165) is 28.4 Å². The van der Waals surface area contributed by atoms with Crippen LogP contribution in [0.5, 0.6) is 0 Å². The minimum atomic E-state index is 0.0570. The van der Waals surface area contributed by atoms with Crippen LogP contribution < -0.4 is 0 Å². The maximum atomic E-state index is 12.2. The first-order chi connectivity index (χ1) is 10.5. The predicted octanol–water partition coefficient (Wildman–Crippen LogP) is 1.46. The third kappa shape index (κ3) is 4.38. The van der Waals surface area contributed by atoms with E-state index in [1.807, 2.05) is 24.8 Å². The Morgan fingerprint density at radius 3 is 2.41 bits per heavy atom. The molecule has 1 aliphatic heterocycles. The Bertz CT molecular complexity index is 533. The van der Waals surface area contributed by atoms with Gasteiger partial charge in [-0.2, -0.15) is 0 Å². The molecule has 0 bridgehead atoms. The third-order valence-electron chi connectivity index (χ3n) is 4.05. The number of hydrogen-bond donors (Lipinski definition) is 1. The van der Waals surface area contributed by atoms with Gasteiger partial charge in [-0.25, -0.2) is 0 Å². The Hall–Kier alpha value is -1.24. The summed E-state index contributed by atoms with van der Waals surface area (Å²) in [6, 6.07) is 1.92. The molecule has 2 heterocycles. The van der Waals surface area contributed by atoms with E-state index in [1.165, 1.54) is 0 Å². The summed E-state index contributed by atoms with van der Waals surface area (Å²) in [7, 11) is 0. The molecule has 1 aliphatic rings. The fourth-order valence-corrected chi connectivity index (χ4v) is 3.73. The maximum Gasteiger partial charge on any atom is 0.223 e. The molecule has 1 amide bonds. The van der Waals surface area contributed by atoms with Crippen molar-refractivity contribution in [2.45, 2.75) is 26.7 Å². The van der Waals surface area contributed by atoms with Gasteiger partial charge in [-0.1, -0.05) is 0 Å². The Kier molecular flexibility index (Phi) is 6.11. The van der Waals surface area contributed by atoms with Gasteiger partial charge in [0, 0.05) is 60.9 Å². The Morgan fingerprint density at radius 1 is 1.18 bits per heavy atom. The summed E-state index contributed by atoms with van der Waals surface area (Å²) in [5.74, 6) is 0.121. The molecule has 0 unspecified atom stereocenters. The average Bonchev–Trinajstić information content (AvgIpc) is 2.84. The van der Waals surface area contributed by atoms with E-state index in [1.54, 1.807) is 11.3 Å². The van der Waals surface area contributed by atoms with E-state index in [-0.39, 0.29) is 31.1 Å². The highest BCUT2D eigenvalue weighted by Crippen LogP contribution is 2.22. The molecule has 2 rings (SSSR count). The molecular formula is C16H24N2O3S. The second-order valence-corrected chi connectivity index (χ2v) is 7.16. The van der Waals surface area contributed by atoms with Gasteiger partial charge in [0.1, 0.15) is 0 Å². The maximum absolute atomic E-state index is 12.2. The molecule has 6 heteroatoms. The van der Waals surface area contributed by atoms with Crippen molar-refractivity contribution in [3.63, 3.8) is 0 Å². The zero-order chi connectivity index (χ0) is 16.1. The molecule has 1 aromatic rings. The fourth-order valence-electron chi connectivity index (χ4n) is 2.78. The number of thiophene rings is 1. The first kappa shape index (κ1) is 17.1. The Balaban J connectivity index is 1.78. The van der Waals surface area contributed by atoms with Crippen molar-refractivity contribution < 1.29 is 14.7 Å². The molecule has 0 spiro atoms. The summed E-state index contributed by atoms with van der Waals surface area (Å²) in [5.41, 5.74) is 0.767. The molecule has 5 nitrogen and oxygen atoms in total. The second-order valence-electron chi connectivity index (χ2n) is 5.70. The first-order valence-corrected chi connectivity index (χ1v) is 8.54. The lowest BCUT2D eigenvalue weighted by Gasteiger charge is -2.34. The van der Waals surface area contributed by atoms with Crippen LogP contribution in [0.2, 0.25) is 0 Å². The summed E-state index contributed by atoms with van der Waals surface area (Å²) in [6.45, 7) is 7.72. The third-order valence-corrected chi connectivity index (χ3v) is 5.01. The molecule has 0 radical (unpaired) electrons. The molecule has 1 saturated heterocycles. The Morgan fingerprint density at radius 2 is 1.86 bits per heavy atom. The molecule has 0 atom stereocenters. The van der Waals surface area contributed by atoms with Crippen molar-refractivity contribution in [3.05, 3.63) is 21.4 Å². The lowest BCUT2D eigenvalue weighted by molar-refractivity contribution is -0.132. The van der Waals surface area contributed by atoms with Gasteiger partial charge in [0.15, 0.2) is 5.78 Å². The lowest BCUT2D eigenvalue weighted by Crippen LogP contribution is -2.49. The quantitative estimate of drug-likeness (QED) is 0.805. The number of ketones is 1. The molecule has 0 aromatic carbocycles. The number of hydrogen-bond acceptors (Lipinski definition) is 5. The highest BCUT2D eigenvalue weighted by Gasteiger charge is 2.21. The minimum absolute atomic E-state index is 0.0570. The summed E-state index contributed by atoms with van der Waals surface area (Å²) in [4.78, 5) is 30.5. The van der Waals surface area contributed by atoms with Crippen LogP contribution in [0.25, 0.3) is 0 Å². The van der Waals surface area contributed by atoms with Gasteiger partial charge in [-0.15, -0.1) is 11.3 Å². The van der Waals surface area contributed by atoms with E-state index in [4.69, 9.17) is 5.11 Å². The van der Waals surface area contributed by atoms with E-state index < -0.39 is 0 Å². The number of nitrogens with zero attached hydrogens (tertiary/aromatic N) is 2. The van der Waals surface area contributed by atoms with Gasteiger partial charge >= 0.3 is 0 Å². The van der Waals surface area contributed by atoms with Gasteiger partial charge in [-0.3, -0.25) is 14.5 Å². The predicted molar refractivity (Wildman–Crippen MR) is 87.5 cm³/mol. The standard InChI is InChI=1S/C16H24N2O3S/c1-12-11-14(13(2)22-12)15(20)3-4-16(21)18-7-5-17(6-8-18)9-10-19/h11,19H,3-10H2,1-2H3. The van der Waals surface area contributed by atoms with Crippen molar-refractivity contribution in [2.24, 2.45) is 0 Å². The SMILES string of the molecule is Cc1cc(C(=O)CCC(=O)N2CCN(CCO)CC2)c(C)s1. The summed E-state index contributed by atoms with van der Waals surface area (Å²) < 4.78 is 0. The minimum Gasteiger partial charge on any atom is -0.395 e. The second kappa shape index (κ2) is 7.85. The van der Waals surface area contributed by atoms with Crippen molar-refractivity contribution in [3.8, 4) is 0 Å². The number of Topliss-reactive ketones (excluding diaryl/α,β-unsaturated/α-hetero) is 1. The van der Waals surface area contributed by atoms with Gasteiger partial charge in [0.25, 0.3) is 0 Å². The van der Waals surface area contributed by atoms with Crippen molar-refractivity contribution >= 4 is 23.0 Å². The molecule has 122 valence electrons. The van der Waals surface area contributed by atoms with Gasteiger partial charge in [0.2, 0.25) is 5.91 Å². The topological polar surface area (TPSA) is 60.9 Å². The van der Waals surface area contributed by atoms with Crippen LogP contribution in [0.1, 0.15) is 33.0 Å². The van der Waals surface area contributed by atoms with E-state index in [2.05, 4.69) is 4.90 Å². The molecule has 1 aromatic heterocycles. The van der Waals surface area contributed by atoms with Gasteiger partial charge in [-0.05, 0) is 19.9 Å². The molecule has 0 saturated carbocycles. The van der Waals surface area contributed by atoms with Crippen LogP contribution in [0.4, 0.5) is 0 Å². The number of aliphatic hydroxyl groups is 1. The molecule has 1 N–H and O–H groups in total. The van der Waals surface area contributed by atoms with E-state index in [9.17, 15) is 9.59 Å². The number of piperazine rings is 1. The lowest BCUT2D eigenvalue weighted by atomic mass is 10.1. The summed E-state index contributed by atoms with van der Waals surface area (Å²) in [6.07, 6.45) is 0.569. The molecule has 1 fully saturated rings. The van der Waals surface area contributed by atoms with E-state index in [0.29, 0.717) is 19.6 Å². The largest absolute Gasteiger partial charge is 0.395 e. The van der Waals surface area contributed by atoms with Crippen LogP contribution in [0, 0.1) is 13.8 Å². The zero-order valence-corrected chi connectivity index (χ0v) is 14.1. The average molecular weight is 324 g/mol. The van der Waals surface area contributed by atoms with Gasteiger partial charge < -0.3 is 10.0 Å². The van der Waals surface area contributed by atoms with Crippen LogP contribution in [0.15, 0.2) is 6.07 Å². The number of β-amino-alcohol motifs (C(OH)–C–C–N with tert-alkyl or cyclic N) is 1. The van der Waals surface area contributed by atoms with Crippen LogP contribution >= 0.6 is 11.3 Å². The molecular weight excluding hydrogens is 300 g/mol. The highest BCUT2D eigenvalue weighted by molar-refractivity contribution is 7.12. The number of carbonyl (C=O) groups is 2. The smallest absolute Gasteiger partial charge is 0.223 e. The Labute approximate surface area is 135 Å². The number of carbonyl (C=O) groups excluding carboxylic acids is 2. The fraction of sp³-hybridized carbons (Fsp3) is 0.625. The molecule has 22 heavy (non-hydrogen) atoms. The monoisotopic (exact) mass is 324 g/mol. The van der Waals surface area contributed by atoms with E-state index >= 15 is 0 Å². The normalized spacial score (nSPS) is 16.0. The number of rotatable bonds is 6.